The van der Waals surface area contributed by atoms with Gasteiger partial charge in [0, 0.05) is 19.1 Å². The Balaban J connectivity index is 1.68. The molecule has 3 heterocycles. The van der Waals surface area contributed by atoms with E-state index in [9.17, 15) is 4.79 Å². The fourth-order valence-electron chi connectivity index (χ4n) is 3.94. The van der Waals surface area contributed by atoms with Crippen molar-refractivity contribution in [2.24, 2.45) is 0 Å². The van der Waals surface area contributed by atoms with Crippen LogP contribution in [0.25, 0.3) is 10.2 Å². The maximum atomic E-state index is 12.9. The Kier molecular flexibility index (Phi) is 5.09. The van der Waals surface area contributed by atoms with Crippen LogP contribution in [0.4, 0.5) is 5.82 Å². The SMILES string of the molecule is Cc1nc(N2CCOCC2)c2c(C)c(C(=O)NC3CCCCC3)sc2n1. The van der Waals surface area contributed by atoms with Gasteiger partial charge in [-0.05, 0) is 32.3 Å². The number of fused-ring (bicyclic) bond motifs is 1. The van der Waals surface area contributed by atoms with Crippen LogP contribution >= 0.6 is 11.3 Å². The van der Waals surface area contributed by atoms with E-state index in [1.54, 1.807) is 0 Å². The molecular formula is C19H26N4O2S. The number of rotatable bonds is 3. The molecule has 1 saturated carbocycles. The Morgan fingerprint density at radius 3 is 2.62 bits per heavy atom. The van der Waals surface area contributed by atoms with Gasteiger partial charge in [-0.15, -0.1) is 11.3 Å². The Labute approximate surface area is 158 Å². The van der Waals surface area contributed by atoms with Crippen LogP contribution in [-0.4, -0.2) is 48.2 Å². The Morgan fingerprint density at radius 2 is 1.88 bits per heavy atom. The van der Waals surface area contributed by atoms with Crippen LogP contribution in [-0.2, 0) is 4.74 Å². The molecule has 0 atom stereocenters. The summed E-state index contributed by atoms with van der Waals surface area (Å²) in [7, 11) is 0. The lowest BCUT2D eigenvalue weighted by atomic mass is 9.95. The van der Waals surface area contributed by atoms with Crippen LogP contribution in [0.5, 0.6) is 0 Å². The lowest BCUT2D eigenvalue weighted by Gasteiger charge is -2.28. The van der Waals surface area contributed by atoms with Gasteiger partial charge in [-0.2, -0.15) is 0 Å². The van der Waals surface area contributed by atoms with E-state index in [2.05, 4.69) is 15.2 Å². The molecule has 140 valence electrons. The highest BCUT2D eigenvalue weighted by molar-refractivity contribution is 7.20. The van der Waals surface area contributed by atoms with Crippen LogP contribution in [0.3, 0.4) is 0 Å². The molecule has 4 rings (SSSR count). The van der Waals surface area contributed by atoms with Crippen molar-refractivity contribution in [2.75, 3.05) is 31.2 Å². The summed E-state index contributed by atoms with van der Waals surface area (Å²) in [5.74, 6) is 1.74. The van der Waals surface area contributed by atoms with Gasteiger partial charge in [-0.3, -0.25) is 4.79 Å². The summed E-state index contributed by atoms with van der Waals surface area (Å²) in [6.45, 7) is 7.01. The van der Waals surface area contributed by atoms with E-state index < -0.39 is 0 Å². The van der Waals surface area contributed by atoms with Crippen molar-refractivity contribution in [3.63, 3.8) is 0 Å². The summed E-state index contributed by atoms with van der Waals surface area (Å²) >= 11 is 1.49. The molecule has 2 fully saturated rings. The van der Waals surface area contributed by atoms with Crippen LogP contribution < -0.4 is 10.2 Å². The molecule has 1 amide bonds. The quantitative estimate of drug-likeness (QED) is 0.894. The first-order chi connectivity index (χ1) is 12.6. The lowest BCUT2D eigenvalue weighted by molar-refractivity contribution is 0.0931. The van der Waals surface area contributed by atoms with Crippen molar-refractivity contribution in [3.8, 4) is 0 Å². The summed E-state index contributed by atoms with van der Waals surface area (Å²) in [6.07, 6.45) is 5.89. The zero-order valence-electron chi connectivity index (χ0n) is 15.5. The van der Waals surface area contributed by atoms with Crippen molar-refractivity contribution in [3.05, 3.63) is 16.3 Å². The topological polar surface area (TPSA) is 67.4 Å². The van der Waals surface area contributed by atoms with Crippen molar-refractivity contribution < 1.29 is 9.53 Å². The maximum Gasteiger partial charge on any atom is 0.261 e. The van der Waals surface area contributed by atoms with Gasteiger partial charge in [0.05, 0.1) is 23.5 Å². The average Bonchev–Trinajstić information content (AvgIpc) is 2.99. The maximum absolute atomic E-state index is 12.9. The number of aromatic nitrogens is 2. The molecule has 0 spiro atoms. The van der Waals surface area contributed by atoms with E-state index in [0.29, 0.717) is 19.3 Å². The highest BCUT2D eigenvalue weighted by Gasteiger charge is 2.25. The number of nitrogens with zero attached hydrogens (tertiary/aromatic N) is 3. The molecular weight excluding hydrogens is 348 g/mol. The molecule has 2 aromatic heterocycles. The third kappa shape index (κ3) is 3.42. The summed E-state index contributed by atoms with van der Waals surface area (Å²) in [6, 6.07) is 0.312. The van der Waals surface area contributed by atoms with Gasteiger partial charge in [0.2, 0.25) is 0 Å². The molecule has 26 heavy (non-hydrogen) atoms. The minimum absolute atomic E-state index is 0.0444. The van der Waals surface area contributed by atoms with E-state index in [1.807, 2.05) is 13.8 Å². The number of ether oxygens (including phenoxy) is 1. The van der Waals surface area contributed by atoms with Gasteiger partial charge in [-0.1, -0.05) is 19.3 Å². The van der Waals surface area contributed by atoms with Gasteiger partial charge >= 0.3 is 0 Å². The molecule has 1 N–H and O–H groups in total. The summed E-state index contributed by atoms with van der Waals surface area (Å²) < 4.78 is 5.48. The van der Waals surface area contributed by atoms with Crippen molar-refractivity contribution in [1.82, 2.24) is 15.3 Å². The molecule has 0 unspecified atom stereocenters. The number of anilines is 1. The van der Waals surface area contributed by atoms with Gasteiger partial charge in [0.1, 0.15) is 16.5 Å². The average molecular weight is 375 g/mol. The van der Waals surface area contributed by atoms with Gasteiger partial charge in [0.25, 0.3) is 5.91 Å². The second-order valence-electron chi connectivity index (χ2n) is 7.24. The Morgan fingerprint density at radius 1 is 1.15 bits per heavy atom. The highest BCUT2D eigenvalue weighted by Crippen LogP contribution is 2.36. The van der Waals surface area contributed by atoms with Gasteiger partial charge < -0.3 is 15.0 Å². The first kappa shape index (κ1) is 17.7. The zero-order chi connectivity index (χ0) is 18.1. The molecule has 0 aromatic carbocycles. The van der Waals surface area contributed by atoms with Crippen LogP contribution in [0.1, 0.15) is 53.2 Å². The predicted molar refractivity (Wildman–Crippen MR) is 104 cm³/mol. The normalized spacial score (nSPS) is 19.1. The molecule has 0 radical (unpaired) electrons. The van der Waals surface area contributed by atoms with Crippen LogP contribution in [0.15, 0.2) is 0 Å². The number of thiophene rings is 1. The van der Waals surface area contributed by atoms with E-state index in [0.717, 1.165) is 58.2 Å². The summed E-state index contributed by atoms with van der Waals surface area (Å²) in [4.78, 5) is 26.2. The van der Waals surface area contributed by atoms with Crippen LogP contribution in [0.2, 0.25) is 0 Å². The second-order valence-corrected chi connectivity index (χ2v) is 8.24. The second kappa shape index (κ2) is 7.48. The number of nitrogens with one attached hydrogen (secondary N) is 1. The van der Waals surface area contributed by atoms with E-state index >= 15 is 0 Å². The molecule has 2 aliphatic rings. The minimum atomic E-state index is 0.0444. The van der Waals surface area contributed by atoms with Crippen molar-refractivity contribution in [1.29, 1.82) is 0 Å². The molecule has 7 heteroatoms. The standard InChI is InChI=1S/C19H26N4O2S/c1-12-15-17(23-8-10-25-11-9-23)20-13(2)21-19(15)26-16(12)18(24)22-14-6-4-3-5-7-14/h14H,3-11H2,1-2H3,(H,22,24). The first-order valence-corrected chi connectivity index (χ1v) is 10.4. The number of hydrogen-bond donors (Lipinski definition) is 1. The number of hydrogen-bond acceptors (Lipinski definition) is 6. The largest absolute Gasteiger partial charge is 0.378 e. The molecule has 6 nitrogen and oxygen atoms in total. The predicted octanol–water partition coefficient (Wildman–Crippen LogP) is 3.21. The smallest absolute Gasteiger partial charge is 0.261 e. The Bertz CT molecular complexity index is 807. The highest BCUT2D eigenvalue weighted by atomic mass is 32.1. The fraction of sp³-hybridized carbons (Fsp3) is 0.632. The molecule has 1 aliphatic carbocycles. The van der Waals surface area contributed by atoms with Crippen molar-refractivity contribution >= 4 is 33.3 Å². The number of carbonyl (C=O) groups excluding carboxylic acids is 1. The number of amides is 1. The van der Waals surface area contributed by atoms with Crippen LogP contribution in [0, 0.1) is 13.8 Å². The van der Waals surface area contributed by atoms with E-state index in [4.69, 9.17) is 9.72 Å². The monoisotopic (exact) mass is 374 g/mol. The van der Waals surface area contributed by atoms with E-state index in [-0.39, 0.29) is 5.91 Å². The minimum Gasteiger partial charge on any atom is -0.378 e. The Hall–Kier alpha value is -1.73. The lowest BCUT2D eigenvalue weighted by Crippen LogP contribution is -2.37. The third-order valence-corrected chi connectivity index (χ3v) is 6.52. The van der Waals surface area contributed by atoms with E-state index in [1.165, 1.54) is 30.6 Å². The molecule has 0 bridgehead atoms. The van der Waals surface area contributed by atoms with Gasteiger partial charge in [-0.25, -0.2) is 9.97 Å². The molecule has 1 aliphatic heterocycles. The molecule has 1 saturated heterocycles. The van der Waals surface area contributed by atoms with Gasteiger partial charge in [0.15, 0.2) is 0 Å². The fourth-order valence-corrected chi connectivity index (χ4v) is 5.06. The van der Waals surface area contributed by atoms with Crippen molar-refractivity contribution in [2.45, 2.75) is 52.0 Å². The number of aryl methyl sites for hydroxylation is 2. The third-order valence-electron chi connectivity index (χ3n) is 5.34. The number of carbonyl (C=O) groups is 1. The first-order valence-electron chi connectivity index (χ1n) is 9.55. The zero-order valence-corrected chi connectivity index (χ0v) is 16.3. The summed E-state index contributed by atoms with van der Waals surface area (Å²) in [5.41, 5.74) is 1.000. The number of morpholine rings is 1. The summed E-state index contributed by atoms with van der Waals surface area (Å²) in [5, 5.41) is 4.26. The molecule has 2 aromatic rings.